The van der Waals surface area contributed by atoms with Gasteiger partial charge in [-0.15, -0.1) is 0 Å². The molecule has 2 N–H and O–H groups in total. The Morgan fingerprint density at radius 1 is 1.33 bits per heavy atom. The number of carbonyl (C=O) groups excluding carboxylic acids is 1. The molecule has 0 saturated carbocycles. The number of halogens is 3. The lowest BCUT2D eigenvalue weighted by Crippen LogP contribution is -2.46. The molecule has 0 aromatic carbocycles. The predicted molar refractivity (Wildman–Crippen MR) is 49.3 cm³/mol. The average Bonchev–Trinajstić information content (AvgIpc) is 2.41. The summed E-state index contributed by atoms with van der Waals surface area (Å²) < 4.78 is 35.5. The van der Waals surface area contributed by atoms with Gasteiger partial charge < -0.3 is 10.6 Å². The van der Waals surface area contributed by atoms with E-state index in [0.717, 1.165) is 19.3 Å². The molecule has 1 aliphatic heterocycles. The molecular formula is C9H15F3N2O. The molecule has 88 valence electrons. The molecule has 0 aromatic heterocycles. The van der Waals surface area contributed by atoms with Crippen LogP contribution < -0.4 is 10.6 Å². The average molecular weight is 224 g/mol. The monoisotopic (exact) mass is 224 g/mol. The van der Waals surface area contributed by atoms with Gasteiger partial charge in [0.05, 0.1) is 6.04 Å². The molecule has 1 aliphatic rings. The third-order valence-corrected chi connectivity index (χ3v) is 2.34. The summed E-state index contributed by atoms with van der Waals surface area (Å²) >= 11 is 0. The van der Waals surface area contributed by atoms with Crippen molar-refractivity contribution in [1.82, 2.24) is 10.6 Å². The van der Waals surface area contributed by atoms with Crippen molar-refractivity contribution in [2.24, 2.45) is 0 Å². The highest BCUT2D eigenvalue weighted by Crippen LogP contribution is 2.13. The van der Waals surface area contributed by atoms with Crippen LogP contribution in [0.3, 0.4) is 0 Å². The second-order valence-corrected chi connectivity index (χ2v) is 3.69. The molecule has 15 heavy (non-hydrogen) atoms. The number of rotatable bonds is 2. The number of amides is 1. The lowest BCUT2D eigenvalue weighted by molar-refractivity contribution is -0.139. The van der Waals surface area contributed by atoms with Crippen molar-refractivity contribution >= 4 is 5.91 Å². The maximum absolute atomic E-state index is 11.8. The van der Waals surface area contributed by atoms with E-state index in [9.17, 15) is 18.0 Å². The Balaban J connectivity index is 2.32. The Morgan fingerprint density at radius 2 is 2.07 bits per heavy atom. The maximum atomic E-state index is 11.8. The van der Waals surface area contributed by atoms with Crippen LogP contribution >= 0.6 is 0 Å². The molecule has 0 unspecified atom stereocenters. The Hall–Kier alpha value is -0.780. The van der Waals surface area contributed by atoms with E-state index in [-0.39, 0.29) is 0 Å². The van der Waals surface area contributed by atoms with E-state index in [1.54, 1.807) is 0 Å². The van der Waals surface area contributed by atoms with Crippen LogP contribution in [-0.4, -0.2) is 31.2 Å². The Kier molecular flexibility index (Phi) is 4.38. The van der Waals surface area contributed by atoms with E-state index < -0.39 is 24.7 Å². The SMILES string of the molecule is O=C(NCC(F)(F)F)[C@@H]1CCCCCN1. The van der Waals surface area contributed by atoms with Crippen LogP contribution in [0.2, 0.25) is 0 Å². The molecule has 0 bridgehead atoms. The highest BCUT2D eigenvalue weighted by molar-refractivity contribution is 5.81. The van der Waals surface area contributed by atoms with Crippen molar-refractivity contribution < 1.29 is 18.0 Å². The third kappa shape index (κ3) is 5.01. The van der Waals surface area contributed by atoms with E-state index in [4.69, 9.17) is 0 Å². The summed E-state index contributed by atoms with van der Waals surface area (Å²) in [4.78, 5) is 11.3. The zero-order valence-corrected chi connectivity index (χ0v) is 8.36. The Bertz CT molecular complexity index is 210. The van der Waals surface area contributed by atoms with E-state index in [2.05, 4.69) is 5.32 Å². The molecule has 1 atom stereocenters. The Labute approximate surface area is 86.4 Å². The highest BCUT2D eigenvalue weighted by Gasteiger charge is 2.29. The topological polar surface area (TPSA) is 41.1 Å². The number of carbonyl (C=O) groups is 1. The van der Waals surface area contributed by atoms with Gasteiger partial charge in [0, 0.05) is 0 Å². The first kappa shape index (κ1) is 12.3. The van der Waals surface area contributed by atoms with Crippen LogP contribution in [0.5, 0.6) is 0 Å². The van der Waals surface area contributed by atoms with E-state index >= 15 is 0 Å². The van der Waals surface area contributed by atoms with Crippen LogP contribution in [-0.2, 0) is 4.79 Å². The molecule has 1 amide bonds. The second kappa shape index (κ2) is 5.34. The van der Waals surface area contributed by atoms with Crippen molar-refractivity contribution in [3.8, 4) is 0 Å². The van der Waals surface area contributed by atoms with Crippen molar-refractivity contribution in [3.63, 3.8) is 0 Å². The van der Waals surface area contributed by atoms with Crippen molar-refractivity contribution in [2.75, 3.05) is 13.1 Å². The summed E-state index contributed by atoms with van der Waals surface area (Å²) in [6.45, 7) is -0.548. The minimum atomic E-state index is -4.33. The van der Waals surface area contributed by atoms with Gasteiger partial charge in [-0.25, -0.2) is 0 Å². The summed E-state index contributed by atoms with van der Waals surface area (Å²) in [6, 6.07) is -0.463. The van der Waals surface area contributed by atoms with E-state index in [0.29, 0.717) is 13.0 Å². The molecule has 0 spiro atoms. The molecule has 0 radical (unpaired) electrons. The fourth-order valence-corrected chi connectivity index (χ4v) is 1.56. The van der Waals surface area contributed by atoms with Crippen molar-refractivity contribution in [2.45, 2.75) is 37.9 Å². The number of nitrogens with one attached hydrogen (secondary N) is 2. The first-order valence-electron chi connectivity index (χ1n) is 5.07. The minimum absolute atomic E-state index is 0.463. The molecule has 1 saturated heterocycles. The summed E-state index contributed by atoms with van der Waals surface area (Å²) in [6.07, 6.45) is -0.833. The molecule has 0 aliphatic carbocycles. The molecule has 0 aromatic rings. The second-order valence-electron chi connectivity index (χ2n) is 3.69. The maximum Gasteiger partial charge on any atom is 0.405 e. The molecular weight excluding hydrogens is 209 g/mol. The van der Waals surface area contributed by atoms with Gasteiger partial charge in [0.1, 0.15) is 6.54 Å². The van der Waals surface area contributed by atoms with Gasteiger partial charge in [-0.3, -0.25) is 4.79 Å². The van der Waals surface area contributed by atoms with Crippen LogP contribution in [0.1, 0.15) is 25.7 Å². The first-order chi connectivity index (χ1) is 6.99. The van der Waals surface area contributed by atoms with Crippen LogP contribution in [0.25, 0.3) is 0 Å². The molecule has 6 heteroatoms. The quantitative estimate of drug-likeness (QED) is 0.740. The zero-order chi connectivity index (χ0) is 11.3. The summed E-state index contributed by atoms with van der Waals surface area (Å²) in [5.74, 6) is -0.547. The van der Waals surface area contributed by atoms with E-state index in [1.165, 1.54) is 0 Å². The fourth-order valence-electron chi connectivity index (χ4n) is 1.56. The number of hydrogen-bond donors (Lipinski definition) is 2. The zero-order valence-electron chi connectivity index (χ0n) is 8.36. The minimum Gasteiger partial charge on any atom is -0.346 e. The smallest absolute Gasteiger partial charge is 0.346 e. The fraction of sp³-hybridized carbons (Fsp3) is 0.889. The number of hydrogen-bond acceptors (Lipinski definition) is 2. The number of alkyl halides is 3. The van der Waals surface area contributed by atoms with Gasteiger partial charge >= 0.3 is 6.18 Å². The lowest BCUT2D eigenvalue weighted by Gasteiger charge is -2.16. The van der Waals surface area contributed by atoms with Crippen molar-refractivity contribution in [1.29, 1.82) is 0 Å². The molecule has 1 heterocycles. The third-order valence-electron chi connectivity index (χ3n) is 2.34. The summed E-state index contributed by atoms with van der Waals surface area (Å²) in [5.41, 5.74) is 0. The normalized spacial score (nSPS) is 23.3. The van der Waals surface area contributed by atoms with Gasteiger partial charge in [-0.05, 0) is 19.4 Å². The Morgan fingerprint density at radius 3 is 2.73 bits per heavy atom. The van der Waals surface area contributed by atoms with E-state index in [1.807, 2.05) is 5.32 Å². The molecule has 1 rings (SSSR count). The molecule has 1 fully saturated rings. The first-order valence-corrected chi connectivity index (χ1v) is 5.07. The van der Waals surface area contributed by atoms with Gasteiger partial charge in [0.25, 0.3) is 0 Å². The van der Waals surface area contributed by atoms with Gasteiger partial charge in [0.2, 0.25) is 5.91 Å². The van der Waals surface area contributed by atoms with Crippen LogP contribution in [0.15, 0.2) is 0 Å². The van der Waals surface area contributed by atoms with Gasteiger partial charge in [-0.1, -0.05) is 12.8 Å². The summed E-state index contributed by atoms with van der Waals surface area (Å²) in [5, 5.41) is 4.83. The van der Waals surface area contributed by atoms with Crippen LogP contribution in [0, 0.1) is 0 Å². The van der Waals surface area contributed by atoms with Crippen molar-refractivity contribution in [3.05, 3.63) is 0 Å². The largest absolute Gasteiger partial charge is 0.405 e. The molecule has 3 nitrogen and oxygen atoms in total. The van der Waals surface area contributed by atoms with Gasteiger partial charge in [-0.2, -0.15) is 13.2 Å². The summed E-state index contributed by atoms with van der Waals surface area (Å²) in [7, 11) is 0. The lowest BCUT2D eigenvalue weighted by atomic mass is 10.1. The van der Waals surface area contributed by atoms with Crippen LogP contribution in [0.4, 0.5) is 13.2 Å². The predicted octanol–water partition coefficient (Wildman–Crippen LogP) is 1.20. The highest BCUT2D eigenvalue weighted by atomic mass is 19.4. The van der Waals surface area contributed by atoms with Gasteiger partial charge in [0.15, 0.2) is 0 Å². The standard InChI is InChI=1S/C9H15F3N2O/c10-9(11,12)6-14-8(15)7-4-2-1-3-5-13-7/h7,13H,1-6H2,(H,14,15)/t7-/m0/s1.